The lowest BCUT2D eigenvalue weighted by Crippen LogP contribution is -2.54. The van der Waals surface area contributed by atoms with E-state index >= 15 is 0 Å². The molecule has 1 aromatic rings. The second-order valence-corrected chi connectivity index (χ2v) is 5.02. The van der Waals surface area contributed by atoms with Crippen LogP contribution in [0.2, 0.25) is 0 Å². The van der Waals surface area contributed by atoms with Crippen LogP contribution >= 0.6 is 0 Å². The largest absolute Gasteiger partial charge is 0.336 e. The van der Waals surface area contributed by atoms with E-state index in [1.807, 2.05) is 45.1 Å². The van der Waals surface area contributed by atoms with Gasteiger partial charge in [0.1, 0.15) is 0 Å². The SMILES string of the molecule is C/C=C/CCn1c(=O)n(CCC)c(=O)n(CC/C=C/C)c1=O. The van der Waals surface area contributed by atoms with Crippen molar-refractivity contribution in [3.8, 4) is 0 Å². The molecule has 6 heteroatoms. The Hall–Kier alpha value is -2.11. The molecule has 0 aliphatic rings. The first kappa shape index (κ1) is 17.9. The molecule has 0 fully saturated rings. The number of aromatic nitrogens is 3. The molecule has 1 aromatic heterocycles. The molecule has 0 saturated heterocycles. The molecule has 22 heavy (non-hydrogen) atoms. The van der Waals surface area contributed by atoms with Crippen molar-refractivity contribution in [2.24, 2.45) is 0 Å². The van der Waals surface area contributed by atoms with Crippen molar-refractivity contribution in [2.45, 2.75) is 59.7 Å². The molecule has 0 saturated carbocycles. The van der Waals surface area contributed by atoms with Crippen LogP contribution in [0.25, 0.3) is 0 Å². The molecule has 0 atom stereocenters. The molecule has 0 bridgehead atoms. The van der Waals surface area contributed by atoms with Crippen molar-refractivity contribution < 1.29 is 0 Å². The van der Waals surface area contributed by atoms with Gasteiger partial charge in [-0.05, 0) is 33.1 Å². The first-order valence-corrected chi connectivity index (χ1v) is 7.75. The molecule has 0 spiro atoms. The van der Waals surface area contributed by atoms with Gasteiger partial charge < -0.3 is 0 Å². The highest BCUT2D eigenvalue weighted by atomic mass is 16.2. The molecule has 0 amide bonds. The van der Waals surface area contributed by atoms with Gasteiger partial charge in [0.2, 0.25) is 0 Å². The highest BCUT2D eigenvalue weighted by molar-refractivity contribution is 4.84. The molecule has 0 aromatic carbocycles. The van der Waals surface area contributed by atoms with Crippen molar-refractivity contribution >= 4 is 0 Å². The average Bonchev–Trinajstić information content (AvgIpc) is 2.50. The number of hydrogen-bond donors (Lipinski definition) is 0. The second-order valence-electron chi connectivity index (χ2n) is 5.02. The lowest BCUT2D eigenvalue weighted by molar-refractivity contribution is 0.445. The van der Waals surface area contributed by atoms with E-state index in [0.717, 1.165) is 13.7 Å². The molecule has 0 radical (unpaired) electrons. The van der Waals surface area contributed by atoms with Gasteiger partial charge in [0.25, 0.3) is 0 Å². The fourth-order valence-electron chi connectivity index (χ4n) is 2.22. The van der Waals surface area contributed by atoms with Crippen molar-refractivity contribution in [3.63, 3.8) is 0 Å². The van der Waals surface area contributed by atoms with Crippen LogP contribution < -0.4 is 17.1 Å². The highest BCUT2D eigenvalue weighted by Gasteiger charge is 2.13. The number of allylic oxidation sites excluding steroid dienone is 4. The van der Waals surface area contributed by atoms with Crippen LogP contribution in [0.5, 0.6) is 0 Å². The summed E-state index contributed by atoms with van der Waals surface area (Å²) < 4.78 is 3.48. The molecule has 1 heterocycles. The van der Waals surface area contributed by atoms with Crippen molar-refractivity contribution in [1.82, 2.24) is 13.7 Å². The molecule has 0 aliphatic heterocycles. The van der Waals surface area contributed by atoms with Crippen LogP contribution in [0.3, 0.4) is 0 Å². The van der Waals surface area contributed by atoms with Crippen LogP contribution in [0, 0.1) is 0 Å². The number of nitrogens with zero attached hydrogens (tertiary/aromatic N) is 3. The van der Waals surface area contributed by atoms with Gasteiger partial charge in [0, 0.05) is 19.6 Å². The van der Waals surface area contributed by atoms with E-state index in [1.54, 1.807) is 0 Å². The lowest BCUT2D eigenvalue weighted by atomic mass is 10.3. The van der Waals surface area contributed by atoms with E-state index in [4.69, 9.17) is 0 Å². The van der Waals surface area contributed by atoms with Gasteiger partial charge in [-0.25, -0.2) is 28.1 Å². The Morgan fingerprint density at radius 2 is 1.09 bits per heavy atom. The number of hydrogen-bond acceptors (Lipinski definition) is 3. The van der Waals surface area contributed by atoms with Gasteiger partial charge in [-0.3, -0.25) is 0 Å². The monoisotopic (exact) mass is 307 g/mol. The van der Waals surface area contributed by atoms with Crippen LogP contribution in [-0.2, 0) is 19.6 Å². The molecular formula is C16H25N3O3. The van der Waals surface area contributed by atoms with E-state index in [-0.39, 0.29) is 13.1 Å². The molecule has 0 aliphatic carbocycles. The third-order valence-corrected chi connectivity index (χ3v) is 3.34. The Bertz CT molecular complexity index is 651. The first-order chi connectivity index (χ1) is 10.6. The molecule has 0 unspecified atom stereocenters. The average molecular weight is 307 g/mol. The van der Waals surface area contributed by atoms with Gasteiger partial charge in [-0.1, -0.05) is 31.2 Å². The zero-order chi connectivity index (χ0) is 16.5. The van der Waals surface area contributed by atoms with Gasteiger partial charge in [0.15, 0.2) is 0 Å². The summed E-state index contributed by atoms with van der Waals surface area (Å²) in [7, 11) is 0. The summed E-state index contributed by atoms with van der Waals surface area (Å²) in [5, 5.41) is 0. The van der Waals surface area contributed by atoms with E-state index in [9.17, 15) is 14.4 Å². The lowest BCUT2D eigenvalue weighted by Gasteiger charge is -2.12. The Kier molecular flexibility index (Phi) is 7.36. The van der Waals surface area contributed by atoms with E-state index < -0.39 is 17.1 Å². The summed E-state index contributed by atoms with van der Waals surface area (Å²) in [6.07, 6.45) is 9.37. The van der Waals surface area contributed by atoms with Crippen molar-refractivity contribution in [1.29, 1.82) is 0 Å². The predicted molar refractivity (Wildman–Crippen MR) is 88.4 cm³/mol. The maximum atomic E-state index is 12.4. The third-order valence-electron chi connectivity index (χ3n) is 3.34. The van der Waals surface area contributed by atoms with E-state index in [2.05, 4.69) is 0 Å². The Balaban J connectivity index is 3.39. The summed E-state index contributed by atoms with van der Waals surface area (Å²) in [4.78, 5) is 37.1. The third kappa shape index (κ3) is 4.19. The molecule has 122 valence electrons. The fourth-order valence-corrected chi connectivity index (χ4v) is 2.22. The van der Waals surface area contributed by atoms with Crippen LogP contribution in [-0.4, -0.2) is 13.7 Å². The van der Waals surface area contributed by atoms with Crippen molar-refractivity contribution in [3.05, 3.63) is 55.8 Å². The van der Waals surface area contributed by atoms with Gasteiger partial charge in [-0.15, -0.1) is 0 Å². The highest BCUT2D eigenvalue weighted by Crippen LogP contribution is 1.89. The minimum absolute atomic E-state index is 0.287. The van der Waals surface area contributed by atoms with Crippen LogP contribution in [0.1, 0.15) is 40.0 Å². The normalized spacial score (nSPS) is 11.8. The fraction of sp³-hybridized carbons (Fsp3) is 0.562. The zero-order valence-corrected chi connectivity index (χ0v) is 13.6. The quantitative estimate of drug-likeness (QED) is 0.684. The van der Waals surface area contributed by atoms with Crippen LogP contribution in [0.15, 0.2) is 38.7 Å². The predicted octanol–water partition coefficient (Wildman–Crippen LogP) is 1.51. The zero-order valence-electron chi connectivity index (χ0n) is 13.6. The maximum Gasteiger partial charge on any atom is 0.336 e. The molecule has 0 N–H and O–H groups in total. The van der Waals surface area contributed by atoms with E-state index in [0.29, 0.717) is 25.8 Å². The van der Waals surface area contributed by atoms with E-state index in [1.165, 1.54) is 0 Å². The second kappa shape index (κ2) is 9.02. The Morgan fingerprint density at radius 1 is 0.727 bits per heavy atom. The Morgan fingerprint density at radius 3 is 1.41 bits per heavy atom. The molecule has 1 rings (SSSR count). The minimum atomic E-state index is -0.517. The first-order valence-electron chi connectivity index (χ1n) is 7.75. The molecule has 6 nitrogen and oxygen atoms in total. The summed E-state index contributed by atoms with van der Waals surface area (Å²) in [5.74, 6) is 0. The van der Waals surface area contributed by atoms with Crippen molar-refractivity contribution in [2.75, 3.05) is 0 Å². The summed E-state index contributed by atoms with van der Waals surface area (Å²) >= 11 is 0. The number of rotatable bonds is 8. The van der Waals surface area contributed by atoms with Gasteiger partial charge >= 0.3 is 17.1 Å². The van der Waals surface area contributed by atoms with Gasteiger partial charge in [-0.2, -0.15) is 0 Å². The topological polar surface area (TPSA) is 66.0 Å². The summed E-state index contributed by atoms with van der Waals surface area (Å²) in [6.45, 7) is 6.56. The minimum Gasteiger partial charge on any atom is -0.247 e. The maximum absolute atomic E-state index is 12.4. The van der Waals surface area contributed by atoms with Crippen LogP contribution in [0.4, 0.5) is 0 Å². The Labute approximate surface area is 130 Å². The smallest absolute Gasteiger partial charge is 0.247 e. The summed E-state index contributed by atoms with van der Waals surface area (Å²) in [6, 6.07) is 0. The molecular weight excluding hydrogens is 282 g/mol. The standard InChI is InChI=1S/C16H25N3O3/c1-4-7-9-12-18-14(20)17(11-6-3)15(21)19(16(18)22)13-10-8-5-2/h4-5,7-8H,6,9-13H2,1-3H3/b7-4+,8-5+. The summed E-state index contributed by atoms with van der Waals surface area (Å²) in [5.41, 5.74) is -1.54. The van der Waals surface area contributed by atoms with Gasteiger partial charge in [0.05, 0.1) is 0 Å².